The highest BCUT2D eigenvalue weighted by molar-refractivity contribution is 6.29. The molecule has 29 heavy (non-hydrogen) atoms. The van der Waals surface area contributed by atoms with Crippen LogP contribution in [0.4, 0.5) is 0 Å². The van der Waals surface area contributed by atoms with E-state index in [2.05, 4.69) is 32.2 Å². The molecular formula is C20H21ClN6O2. The molecule has 0 aliphatic carbocycles. The summed E-state index contributed by atoms with van der Waals surface area (Å²) in [6.45, 7) is 4.35. The number of fused-ring (bicyclic) bond motifs is 2. The average molecular weight is 413 g/mol. The molecule has 0 spiro atoms. The summed E-state index contributed by atoms with van der Waals surface area (Å²) in [7, 11) is 1.54. The highest BCUT2D eigenvalue weighted by atomic mass is 35.5. The zero-order valence-corrected chi connectivity index (χ0v) is 16.7. The van der Waals surface area contributed by atoms with E-state index in [0.29, 0.717) is 23.1 Å². The lowest BCUT2D eigenvalue weighted by molar-refractivity contribution is -0.130. The molecule has 0 aromatic carbocycles. The van der Waals surface area contributed by atoms with Crippen LogP contribution in [-0.2, 0) is 4.79 Å². The maximum atomic E-state index is 12.4. The minimum atomic E-state index is -0.305. The van der Waals surface area contributed by atoms with Crippen molar-refractivity contribution in [3.8, 4) is 11.4 Å². The number of hydrogen-bond acceptors (Lipinski definition) is 6. The van der Waals surface area contributed by atoms with Crippen LogP contribution in [0, 0.1) is 0 Å². The molecule has 0 unspecified atom stereocenters. The van der Waals surface area contributed by atoms with Gasteiger partial charge in [0.15, 0.2) is 0 Å². The van der Waals surface area contributed by atoms with Gasteiger partial charge in [-0.15, -0.1) is 0 Å². The van der Waals surface area contributed by atoms with Crippen LogP contribution in [0.5, 0.6) is 0 Å². The van der Waals surface area contributed by atoms with Crippen molar-refractivity contribution in [3.63, 3.8) is 0 Å². The van der Waals surface area contributed by atoms with Gasteiger partial charge in [0.1, 0.15) is 17.2 Å². The van der Waals surface area contributed by atoms with Gasteiger partial charge in [0.2, 0.25) is 5.91 Å². The Kier molecular flexibility index (Phi) is 5.29. The zero-order valence-electron chi connectivity index (χ0n) is 15.9. The van der Waals surface area contributed by atoms with Gasteiger partial charge >= 0.3 is 0 Å². The molecule has 2 fully saturated rings. The fraction of sp³-hybridized carbons (Fsp3) is 0.350. The van der Waals surface area contributed by atoms with Gasteiger partial charge in [0.05, 0.1) is 23.5 Å². The second-order valence-corrected chi connectivity index (χ2v) is 7.50. The minimum Gasteiger partial charge on any atom is -0.354 e. The Morgan fingerprint density at radius 2 is 2.10 bits per heavy atom. The fourth-order valence-electron chi connectivity index (χ4n) is 4.20. The van der Waals surface area contributed by atoms with E-state index < -0.39 is 0 Å². The predicted molar refractivity (Wildman–Crippen MR) is 108 cm³/mol. The van der Waals surface area contributed by atoms with Crippen LogP contribution in [0.25, 0.3) is 11.4 Å². The molecule has 2 bridgehead atoms. The lowest BCUT2D eigenvalue weighted by Gasteiger charge is -2.40. The molecule has 2 saturated heterocycles. The van der Waals surface area contributed by atoms with E-state index in [-0.39, 0.29) is 35.6 Å². The van der Waals surface area contributed by atoms with E-state index in [1.165, 1.54) is 12.4 Å². The lowest BCUT2D eigenvalue weighted by atomic mass is 9.96. The number of nitrogens with zero attached hydrogens (tertiary/aromatic N) is 4. The van der Waals surface area contributed by atoms with Crippen molar-refractivity contribution in [2.45, 2.75) is 31.0 Å². The fourth-order valence-corrected chi connectivity index (χ4v) is 4.42. The van der Waals surface area contributed by atoms with Crippen molar-refractivity contribution in [2.24, 2.45) is 0 Å². The molecule has 150 valence electrons. The molecule has 4 heterocycles. The predicted octanol–water partition coefficient (Wildman–Crippen LogP) is 1.74. The van der Waals surface area contributed by atoms with Crippen LogP contribution >= 0.6 is 11.6 Å². The van der Waals surface area contributed by atoms with Gasteiger partial charge in [-0.3, -0.25) is 9.59 Å². The first-order valence-corrected chi connectivity index (χ1v) is 9.79. The largest absolute Gasteiger partial charge is 0.354 e. The summed E-state index contributed by atoms with van der Waals surface area (Å²) in [6, 6.07) is 5.42. The normalized spacial score (nSPS) is 23.0. The first-order valence-electron chi connectivity index (χ1n) is 9.42. The van der Waals surface area contributed by atoms with Crippen molar-refractivity contribution < 1.29 is 9.59 Å². The number of piperazine rings is 1. The van der Waals surface area contributed by atoms with Crippen molar-refractivity contribution >= 4 is 23.4 Å². The molecule has 2 aromatic rings. The Labute approximate surface area is 173 Å². The van der Waals surface area contributed by atoms with E-state index in [4.69, 9.17) is 11.6 Å². The van der Waals surface area contributed by atoms with Crippen molar-refractivity contribution in [1.29, 1.82) is 0 Å². The van der Waals surface area contributed by atoms with Crippen LogP contribution in [-0.4, -0.2) is 57.3 Å². The second kappa shape index (κ2) is 7.88. The maximum absolute atomic E-state index is 12.4. The third kappa shape index (κ3) is 3.61. The maximum Gasteiger partial charge on any atom is 0.269 e. The summed E-state index contributed by atoms with van der Waals surface area (Å²) in [5.74, 6) is -0.351. The number of carbonyl (C=O) groups excluding carboxylic acids is 2. The van der Waals surface area contributed by atoms with Crippen molar-refractivity contribution in [3.05, 3.63) is 53.6 Å². The van der Waals surface area contributed by atoms with Gasteiger partial charge in [0.25, 0.3) is 5.91 Å². The molecule has 2 N–H and O–H groups in total. The highest BCUT2D eigenvalue weighted by Gasteiger charge is 2.44. The summed E-state index contributed by atoms with van der Waals surface area (Å²) in [5, 5.41) is 6.40. The Morgan fingerprint density at radius 3 is 2.86 bits per heavy atom. The van der Waals surface area contributed by atoms with E-state index in [1.54, 1.807) is 19.2 Å². The molecule has 2 aromatic heterocycles. The average Bonchev–Trinajstić information content (AvgIpc) is 3.04. The van der Waals surface area contributed by atoms with Crippen LogP contribution in [0.15, 0.2) is 37.2 Å². The monoisotopic (exact) mass is 412 g/mol. The Bertz CT molecular complexity index is 981. The van der Waals surface area contributed by atoms with Gasteiger partial charge in [-0.25, -0.2) is 15.0 Å². The molecule has 4 rings (SSSR count). The Balaban J connectivity index is 1.70. The molecule has 0 radical (unpaired) electrons. The molecule has 2 amide bonds. The highest BCUT2D eigenvalue weighted by Crippen LogP contribution is 2.38. The van der Waals surface area contributed by atoms with Gasteiger partial charge in [-0.2, -0.15) is 0 Å². The van der Waals surface area contributed by atoms with Gasteiger partial charge < -0.3 is 15.5 Å². The van der Waals surface area contributed by atoms with Crippen LogP contribution in [0.3, 0.4) is 0 Å². The standard InChI is InChI=1S/C20H21ClN6O2/c1-3-18(28)27-12-4-5-16(27)19(23-9-12)11-6-14(26-17(21)7-11)13-8-15(20(29)22-2)25-10-24-13/h3,6-8,10,12,16,19,23H,1,4-5,9H2,2H3,(H,22,29)/t12-,16+,19+/m1/s1. The molecule has 3 atom stereocenters. The summed E-state index contributed by atoms with van der Waals surface area (Å²) in [5.41, 5.74) is 2.22. The SMILES string of the molecule is C=CC(=O)N1[C@@H]2CC[C@H]1[C@H](c1cc(Cl)nc(-c3cc(C(=O)NC)ncn3)c1)NC2. The first kappa shape index (κ1) is 19.5. The third-order valence-electron chi connectivity index (χ3n) is 5.50. The number of halogens is 1. The van der Waals surface area contributed by atoms with Gasteiger partial charge in [-0.05, 0) is 42.7 Å². The van der Waals surface area contributed by atoms with E-state index in [1.807, 2.05) is 11.0 Å². The molecule has 2 aliphatic heterocycles. The van der Waals surface area contributed by atoms with Crippen LogP contribution in [0.2, 0.25) is 5.15 Å². The molecule has 0 saturated carbocycles. The Hall–Kier alpha value is -2.84. The quantitative estimate of drug-likeness (QED) is 0.586. The molecular weight excluding hydrogens is 392 g/mol. The number of aromatic nitrogens is 3. The van der Waals surface area contributed by atoms with E-state index in [0.717, 1.165) is 18.4 Å². The van der Waals surface area contributed by atoms with Crippen molar-refractivity contribution in [2.75, 3.05) is 13.6 Å². The number of pyridine rings is 1. The topological polar surface area (TPSA) is 100 Å². The van der Waals surface area contributed by atoms with E-state index >= 15 is 0 Å². The Morgan fingerprint density at radius 1 is 1.28 bits per heavy atom. The van der Waals surface area contributed by atoms with Crippen LogP contribution in [0.1, 0.15) is 34.9 Å². The molecule has 8 nitrogen and oxygen atoms in total. The summed E-state index contributed by atoms with van der Waals surface area (Å²) < 4.78 is 0. The third-order valence-corrected chi connectivity index (χ3v) is 5.69. The summed E-state index contributed by atoms with van der Waals surface area (Å²) in [4.78, 5) is 38.8. The molecule has 2 aliphatic rings. The number of rotatable bonds is 4. The summed E-state index contributed by atoms with van der Waals surface area (Å²) in [6.07, 6.45) is 4.57. The number of nitrogens with one attached hydrogen (secondary N) is 2. The van der Waals surface area contributed by atoms with Crippen LogP contribution < -0.4 is 10.6 Å². The zero-order chi connectivity index (χ0) is 20.5. The minimum absolute atomic E-state index is 0.0254. The second-order valence-electron chi connectivity index (χ2n) is 7.11. The van der Waals surface area contributed by atoms with Crippen molar-refractivity contribution in [1.82, 2.24) is 30.5 Å². The van der Waals surface area contributed by atoms with Gasteiger partial charge in [-0.1, -0.05) is 18.2 Å². The molecule has 9 heteroatoms. The smallest absolute Gasteiger partial charge is 0.269 e. The number of hydrogen-bond donors (Lipinski definition) is 2. The van der Waals surface area contributed by atoms with E-state index in [9.17, 15) is 9.59 Å². The first-order chi connectivity index (χ1) is 14.0. The lowest BCUT2D eigenvalue weighted by Crippen LogP contribution is -2.55. The summed E-state index contributed by atoms with van der Waals surface area (Å²) >= 11 is 6.32. The number of amides is 2. The van der Waals surface area contributed by atoms with Gasteiger partial charge in [0, 0.05) is 19.6 Å². The number of carbonyl (C=O) groups is 2.